The lowest BCUT2D eigenvalue weighted by Crippen LogP contribution is -2.45. The van der Waals surface area contributed by atoms with Gasteiger partial charge in [0.2, 0.25) is 0 Å². The molecule has 1 saturated heterocycles. The average molecular weight is 316 g/mol. The number of rotatable bonds is 4. The summed E-state index contributed by atoms with van der Waals surface area (Å²) in [5, 5.41) is 3.50. The zero-order valence-corrected chi connectivity index (χ0v) is 13.2. The fraction of sp³-hybridized carbons (Fsp3) is 0.412. The van der Waals surface area contributed by atoms with E-state index in [9.17, 15) is 9.18 Å². The van der Waals surface area contributed by atoms with Crippen LogP contribution in [0.5, 0.6) is 0 Å². The van der Waals surface area contributed by atoms with Crippen molar-refractivity contribution in [3.63, 3.8) is 0 Å². The fourth-order valence-electron chi connectivity index (χ4n) is 2.90. The van der Waals surface area contributed by atoms with Crippen molar-refractivity contribution in [3.8, 4) is 0 Å². The van der Waals surface area contributed by atoms with E-state index in [1.165, 1.54) is 6.07 Å². The predicted octanol–water partition coefficient (Wildman–Crippen LogP) is 1.95. The van der Waals surface area contributed by atoms with Crippen LogP contribution in [0.15, 0.2) is 36.8 Å². The molecule has 1 amide bonds. The Morgan fingerprint density at radius 2 is 2.09 bits per heavy atom. The lowest BCUT2D eigenvalue weighted by atomic mass is 10.0. The molecule has 3 rings (SSSR count). The molecule has 1 aliphatic heterocycles. The van der Waals surface area contributed by atoms with Gasteiger partial charge in [0.1, 0.15) is 5.82 Å². The SMILES string of the molecule is Cn1cncc1CNC1CCN(C(=O)c2ccccc2F)CC1. The smallest absolute Gasteiger partial charge is 0.256 e. The van der Waals surface area contributed by atoms with Crippen LogP contribution in [-0.4, -0.2) is 39.5 Å². The molecule has 1 aromatic heterocycles. The van der Waals surface area contributed by atoms with Crippen molar-refractivity contribution in [2.45, 2.75) is 25.4 Å². The Labute approximate surface area is 135 Å². The summed E-state index contributed by atoms with van der Waals surface area (Å²) in [7, 11) is 1.97. The maximum absolute atomic E-state index is 13.7. The van der Waals surface area contributed by atoms with Crippen LogP contribution in [0.2, 0.25) is 0 Å². The topological polar surface area (TPSA) is 50.2 Å². The molecular formula is C17H21FN4O. The van der Waals surface area contributed by atoms with Crippen LogP contribution in [0.4, 0.5) is 4.39 Å². The van der Waals surface area contributed by atoms with E-state index in [2.05, 4.69) is 10.3 Å². The number of carbonyl (C=O) groups excluding carboxylic acids is 1. The second-order valence-electron chi connectivity index (χ2n) is 5.92. The summed E-state index contributed by atoms with van der Waals surface area (Å²) in [5.74, 6) is -0.665. The van der Waals surface area contributed by atoms with E-state index in [0.717, 1.165) is 25.1 Å². The van der Waals surface area contributed by atoms with Crippen LogP contribution in [0, 0.1) is 5.82 Å². The largest absolute Gasteiger partial charge is 0.338 e. The Bertz CT molecular complexity index is 677. The lowest BCUT2D eigenvalue weighted by molar-refractivity contribution is 0.0700. The molecular weight excluding hydrogens is 295 g/mol. The summed E-state index contributed by atoms with van der Waals surface area (Å²) in [6.07, 6.45) is 5.38. The first-order chi connectivity index (χ1) is 11.1. The Morgan fingerprint density at radius 3 is 2.74 bits per heavy atom. The van der Waals surface area contributed by atoms with Crippen LogP contribution in [0.1, 0.15) is 28.9 Å². The molecule has 0 bridgehead atoms. The van der Waals surface area contributed by atoms with Gasteiger partial charge in [0.15, 0.2) is 0 Å². The number of hydrogen-bond donors (Lipinski definition) is 1. The molecule has 2 heterocycles. The highest BCUT2D eigenvalue weighted by Gasteiger charge is 2.24. The van der Waals surface area contributed by atoms with Crippen LogP contribution in [-0.2, 0) is 13.6 Å². The van der Waals surface area contributed by atoms with Gasteiger partial charge >= 0.3 is 0 Å². The molecule has 1 aromatic carbocycles. The predicted molar refractivity (Wildman–Crippen MR) is 85.4 cm³/mol. The van der Waals surface area contributed by atoms with Crippen LogP contribution in [0.3, 0.4) is 0 Å². The molecule has 1 fully saturated rings. The van der Waals surface area contributed by atoms with Gasteiger partial charge in [0.25, 0.3) is 5.91 Å². The fourth-order valence-corrected chi connectivity index (χ4v) is 2.90. The van der Waals surface area contributed by atoms with Gasteiger partial charge in [-0.1, -0.05) is 12.1 Å². The second kappa shape index (κ2) is 6.91. The third-order valence-electron chi connectivity index (χ3n) is 4.37. The number of imidazole rings is 1. The van der Waals surface area contributed by atoms with Gasteiger partial charge in [0, 0.05) is 38.9 Å². The van der Waals surface area contributed by atoms with Crippen molar-refractivity contribution >= 4 is 5.91 Å². The summed E-state index contributed by atoms with van der Waals surface area (Å²) < 4.78 is 15.7. The zero-order valence-electron chi connectivity index (χ0n) is 13.2. The quantitative estimate of drug-likeness (QED) is 0.938. The summed E-state index contributed by atoms with van der Waals surface area (Å²) in [4.78, 5) is 18.2. The highest BCUT2D eigenvalue weighted by Crippen LogP contribution is 2.16. The van der Waals surface area contributed by atoms with Crippen molar-refractivity contribution in [3.05, 3.63) is 53.9 Å². The highest BCUT2D eigenvalue weighted by molar-refractivity contribution is 5.94. The molecule has 0 atom stereocenters. The number of halogens is 1. The van der Waals surface area contributed by atoms with E-state index < -0.39 is 5.82 Å². The van der Waals surface area contributed by atoms with Crippen LogP contribution < -0.4 is 5.32 Å². The number of aromatic nitrogens is 2. The first kappa shape index (κ1) is 15.7. The van der Waals surface area contributed by atoms with E-state index in [1.807, 2.05) is 17.8 Å². The van der Waals surface area contributed by atoms with Crippen LogP contribution in [0.25, 0.3) is 0 Å². The number of carbonyl (C=O) groups is 1. The van der Waals surface area contributed by atoms with Crippen molar-refractivity contribution in [2.75, 3.05) is 13.1 Å². The number of hydrogen-bond acceptors (Lipinski definition) is 3. The number of aryl methyl sites for hydroxylation is 1. The monoisotopic (exact) mass is 316 g/mol. The van der Waals surface area contributed by atoms with Crippen molar-refractivity contribution < 1.29 is 9.18 Å². The summed E-state index contributed by atoms with van der Waals surface area (Å²) >= 11 is 0. The maximum Gasteiger partial charge on any atom is 0.256 e. The van der Waals surface area contributed by atoms with Crippen molar-refractivity contribution in [1.29, 1.82) is 0 Å². The van der Waals surface area contributed by atoms with Crippen molar-refractivity contribution in [2.24, 2.45) is 7.05 Å². The van der Waals surface area contributed by atoms with Gasteiger partial charge in [-0.15, -0.1) is 0 Å². The minimum absolute atomic E-state index is 0.161. The molecule has 0 radical (unpaired) electrons. The molecule has 23 heavy (non-hydrogen) atoms. The first-order valence-corrected chi connectivity index (χ1v) is 7.87. The Kier molecular flexibility index (Phi) is 4.71. The number of likely N-dealkylation sites (tertiary alicyclic amines) is 1. The summed E-state index contributed by atoms with van der Waals surface area (Å²) in [6.45, 7) is 2.06. The Balaban J connectivity index is 1.51. The van der Waals surface area contributed by atoms with E-state index in [4.69, 9.17) is 0 Å². The summed E-state index contributed by atoms with van der Waals surface area (Å²) in [6, 6.07) is 6.54. The third-order valence-corrected chi connectivity index (χ3v) is 4.37. The molecule has 6 heteroatoms. The molecule has 0 spiro atoms. The van der Waals surface area contributed by atoms with E-state index >= 15 is 0 Å². The lowest BCUT2D eigenvalue weighted by Gasteiger charge is -2.32. The molecule has 0 saturated carbocycles. The van der Waals surface area contributed by atoms with Gasteiger partial charge in [-0.2, -0.15) is 0 Å². The average Bonchev–Trinajstić information content (AvgIpc) is 2.98. The second-order valence-corrected chi connectivity index (χ2v) is 5.92. The van der Waals surface area contributed by atoms with E-state index in [-0.39, 0.29) is 11.5 Å². The van der Waals surface area contributed by atoms with Gasteiger partial charge in [-0.3, -0.25) is 4.79 Å². The molecule has 122 valence electrons. The summed E-state index contributed by atoms with van der Waals surface area (Å²) in [5.41, 5.74) is 1.30. The van der Waals surface area contributed by atoms with Gasteiger partial charge in [-0.05, 0) is 25.0 Å². The Morgan fingerprint density at radius 1 is 1.35 bits per heavy atom. The number of nitrogens with one attached hydrogen (secondary N) is 1. The third kappa shape index (κ3) is 3.59. The standard InChI is InChI=1S/C17H21FN4O/c1-21-12-19-10-14(21)11-20-13-6-8-22(9-7-13)17(23)15-4-2-3-5-16(15)18/h2-5,10,12-13,20H,6-9,11H2,1H3. The number of piperidine rings is 1. The minimum Gasteiger partial charge on any atom is -0.338 e. The van der Waals surface area contributed by atoms with Crippen LogP contribution >= 0.6 is 0 Å². The molecule has 0 aliphatic carbocycles. The minimum atomic E-state index is -0.450. The zero-order chi connectivity index (χ0) is 16.2. The highest BCUT2D eigenvalue weighted by atomic mass is 19.1. The van der Waals surface area contributed by atoms with Gasteiger partial charge in [-0.25, -0.2) is 9.37 Å². The normalized spacial score (nSPS) is 15.8. The molecule has 1 N–H and O–H groups in total. The number of benzene rings is 1. The molecule has 5 nitrogen and oxygen atoms in total. The first-order valence-electron chi connectivity index (χ1n) is 7.87. The number of amides is 1. The van der Waals surface area contributed by atoms with E-state index in [1.54, 1.807) is 29.4 Å². The molecule has 2 aromatic rings. The van der Waals surface area contributed by atoms with Gasteiger partial charge < -0.3 is 14.8 Å². The molecule has 1 aliphatic rings. The van der Waals surface area contributed by atoms with Gasteiger partial charge in [0.05, 0.1) is 17.6 Å². The molecule has 0 unspecified atom stereocenters. The van der Waals surface area contributed by atoms with Crippen molar-refractivity contribution in [1.82, 2.24) is 19.8 Å². The maximum atomic E-state index is 13.7. The number of nitrogens with zero attached hydrogens (tertiary/aromatic N) is 3. The Hall–Kier alpha value is -2.21. The van der Waals surface area contributed by atoms with E-state index in [0.29, 0.717) is 19.1 Å².